The van der Waals surface area contributed by atoms with Crippen molar-refractivity contribution in [2.75, 3.05) is 11.1 Å². The first-order valence-electron chi connectivity index (χ1n) is 8.69. The van der Waals surface area contributed by atoms with Crippen LogP contribution in [0, 0.1) is 6.92 Å². The van der Waals surface area contributed by atoms with Crippen molar-refractivity contribution >= 4 is 50.6 Å². The van der Waals surface area contributed by atoms with E-state index in [4.69, 9.17) is 5.73 Å². The highest BCUT2D eigenvalue weighted by atomic mass is 79.9. The average molecular weight is 433 g/mol. The van der Waals surface area contributed by atoms with E-state index in [1.54, 1.807) is 0 Å². The minimum Gasteiger partial charge on any atom is -0.368 e. The number of nitrogens with zero attached hydrogens (tertiary/aromatic N) is 2. The topological polar surface area (TPSA) is 80.9 Å². The zero-order valence-electron chi connectivity index (χ0n) is 15.1. The molecule has 4 rings (SSSR count). The van der Waals surface area contributed by atoms with E-state index in [-0.39, 0.29) is 5.95 Å². The summed E-state index contributed by atoms with van der Waals surface area (Å²) in [5, 5.41) is 4.14. The molecule has 0 radical (unpaired) electrons. The number of carbonyl (C=O) groups excluding carboxylic acids is 1. The first-order chi connectivity index (χ1) is 13.5. The number of hydrogen-bond donors (Lipinski definition) is 2. The molecule has 0 unspecified atom stereocenters. The van der Waals surface area contributed by atoms with Crippen LogP contribution in [-0.4, -0.2) is 16.3 Å². The highest BCUT2D eigenvalue weighted by Crippen LogP contribution is 2.31. The maximum Gasteiger partial charge on any atom is 0.222 e. The zero-order valence-corrected chi connectivity index (χ0v) is 16.7. The molecule has 0 aliphatic carbocycles. The molecule has 3 aromatic carbocycles. The van der Waals surface area contributed by atoms with Gasteiger partial charge in [-0.05, 0) is 48.4 Å². The van der Waals surface area contributed by atoms with Crippen molar-refractivity contribution in [3.63, 3.8) is 0 Å². The standard InChI is InChI=1S/C22H17BrN4O/c1-13-5-6-15(12-28)18(9-13)14-7-8-20-19(10-14)21(27-22(24)26-20)25-17-4-2-3-16(23)11-17/h2-12H,1H3,(H3,24,25,26,27). The number of anilines is 3. The summed E-state index contributed by atoms with van der Waals surface area (Å²) < 4.78 is 0.958. The molecule has 0 fully saturated rings. The van der Waals surface area contributed by atoms with Gasteiger partial charge in [-0.25, -0.2) is 4.98 Å². The van der Waals surface area contributed by atoms with Gasteiger partial charge in [0.25, 0.3) is 0 Å². The molecule has 138 valence electrons. The van der Waals surface area contributed by atoms with Crippen molar-refractivity contribution < 1.29 is 4.79 Å². The van der Waals surface area contributed by atoms with Gasteiger partial charge in [0.15, 0.2) is 6.29 Å². The molecule has 0 saturated heterocycles. The summed E-state index contributed by atoms with van der Waals surface area (Å²) in [6.07, 6.45) is 0.874. The van der Waals surface area contributed by atoms with Gasteiger partial charge >= 0.3 is 0 Å². The second-order valence-electron chi connectivity index (χ2n) is 6.51. The van der Waals surface area contributed by atoms with Gasteiger partial charge < -0.3 is 11.1 Å². The molecule has 28 heavy (non-hydrogen) atoms. The number of carbonyl (C=O) groups is 1. The van der Waals surface area contributed by atoms with Gasteiger partial charge in [0.1, 0.15) is 5.82 Å². The Morgan fingerprint density at radius 2 is 1.89 bits per heavy atom. The van der Waals surface area contributed by atoms with Crippen LogP contribution >= 0.6 is 15.9 Å². The molecular weight excluding hydrogens is 416 g/mol. The molecular formula is C22H17BrN4O. The molecule has 0 spiro atoms. The van der Waals surface area contributed by atoms with Crippen LogP contribution in [0.4, 0.5) is 17.5 Å². The number of nitrogens with two attached hydrogens (primary N) is 1. The average Bonchev–Trinajstić information content (AvgIpc) is 2.67. The molecule has 3 N–H and O–H groups in total. The van der Waals surface area contributed by atoms with E-state index in [1.807, 2.05) is 67.6 Å². The second kappa shape index (κ2) is 7.40. The number of benzene rings is 3. The number of aryl methyl sites for hydroxylation is 1. The van der Waals surface area contributed by atoms with Crippen molar-refractivity contribution in [3.8, 4) is 11.1 Å². The van der Waals surface area contributed by atoms with Gasteiger partial charge in [-0.3, -0.25) is 4.79 Å². The monoisotopic (exact) mass is 432 g/mol. The van der Waals surface area contributed by atoms with Crippen LogP contribution in [-0.2, 0) is 0 Å². The summed E-state index contributed by atoms with van der Waals surface area (Å²) >= 11 is 3.47. The summed E-state index contributed by atoms with van der Waals surface area (Å²) in [6, 6.07) is 19.4. The Morgan fingerprint density at radius 1 is 1.04 bits per heavy atom. The Morgan fingerprint density at radius 3 is 2.68 bits per heavy atom. The molecule has 0 bridgehead atoms. The smallest absolute Gasteiger partial charge is 0.222 e. The van der Waals surface area contributed by atoms with E-state index in [2.05, 4.69) is 31.2 Å². The number of aldehydes is 1. The minimum absolute atomic E-state index is 0.196. The van der Waals surface area contributed by atoms with E-state index < -0.39 is 0 Å². The lowest BCUT2D eigenvalue weighted by molar-refractivity contribution is 0.112. The lowest BCUT2D eigenvalue weighted by Gasteiger charge is -2.12. The Balaban J connectivity index is 1.88. The van der Waals surface area contributed by atoms with Crippen molar-refractivity contribution in [3.05, 3.63) is 76.3 Å². The molecule has 0 aliphatic heterocycles. The molecule has 0 saturated carbocycles. The van der Waals surface area contributed by atoms with Crippen molar-refractivity contribution in [2.24, 2.45) is 0 Å². The van der Waals surface area contributed by atoms with Crippen LogP contribution in [0.25, 0.3) is 22.0 Å². The van der Waals surface area contributed by atoms with Crippen LogP contribution in [0.5, 0.6) is 0 Å². The molecule has 4 aromatic rings. The van der Waals surface area contributed by atoms with Crippen LogP contribution in [0.15, 0.2) is 65.1 Å². The quantitative estimate of drug-likeness (QED) is 0.415. The van der Waals surface area contributed by atoms with Crippen molar-refractivity contribution in [1.29, 1.82) is 0 Å². The maximum absolute atomic E-state index is 11.5. The predicted molar refractivity (Wildman–Crippen MR) is 117 cm³/mol. The third-order valence-electron chi connectivity index (χ3n) is 4.45. The van der Waals surface area contributed by atoms with Gasteiger partial charge in [0.05, 0.1) is 5.52 Å². The fourth-order valence-electron chi connectivity index (χ4n) is 3.14. The first kappa shape index (κ1) is 18.1. The summed E-state index contributed by atoms with van der Waals surface area (Å²) in [4.78, 5) is 20.2. The lowest BCUT2D eigenvalue weighted by Crippen LogP contribution is -2.01. The number of fused-ring (bicyclic) bond motifs is 1. The van der Waals surface area contributed by atoms with E-state index in [1.165, 1.54) is 0 Å². The third kappa shape index (κ3) is 3.59. The molecule has 5 nitrogen and oxygen atoms in total. The van der Waals surface area contributed by atoms with Crippen LogP contribution < -0.4 is 11.1 Å². The summed E-state index contributed by atoms with van der Waals surface area (Å²) in [5.41, 5.74) is 11.0. The highest BCUT2D eigenvalue weighted by molar-refractivity contribution is 9.10. The predicted octanol–water partition coefficient (Wildman–Crippen LogP) is 5.51. The summed E-state index contributed by atoms with van der Waals surface area (Å²) in [6.45, 7) is 2.00. The number of nitrogen functional groups attached to an aromatic ring is 1. The maximum atomic E-state index is 11.5. The van der Waals surface area contributed by atoms with Crippen LogP contribution in [0.1, 0.15) is 15.9 Å². The van der Waals surface area contributed by atoms with E-state index in [0.29, 0.717) is 11.4 Å². The largest absolute Gasteiger partial charge is 0.368 e. The molecule has 0 atom stereocenters. The van der Waals surface area contributed by atoms with Gasteiger partial charge in [-0.1, -0.05) is 51.8 Å². The van der Waals surface area contributed by atoms with Gasteiger partial charge in [-0.2, -0.15) is 4.98 Å². The number of aromatic nitrogens is 2. The van der Waals surface area contributed by atoms with E-state index in [9.17, 15) is 4.79 Å². The third-order valence-corrected chi connectivity index (χ3v) is 4.94. The molecule has 1 heterocycles. The summed E-state index contributed by atoms with van der Waals surface area (Å²) in [7, 11) is 0. The number of rotatable bonds is 4. The second-order valence-corrected chi connectivity index (χ2v) is 7.42. The minimum atomic E-state index is 0.196. The summed E-state index contributed by atoms with van der Waals surface area (Å²) in [5.74, 6) is 0.810. The van der Waals surface area contributed by atoms with E-state index in [0.717, 1.165) is 44.0 Å². The highest BCUT2D eigenvalue weighted by Gasteiger charge is 2.11. The Kier molecular flexibility index (Phi) is 4.79. The molecule has 1 aromatic heterocycles. The lowest BCUT2D eigenvalue weighted by atomic mass is 9.97. The molecule has 6 heteroatoms. The fraction of sp³-hybridized carbons (Fsp3) is 0.0455. The SMILES string of the molecule is Cc1ccc(C=O)c(-c2ccc3nc(N)nc(Nc4cccc(Br)c4)c3c2)c1. The van der Waals surface area contributed by atoms with E-state index >= 15 is 0 Å². The Hall–Kier alpha value is -3.25. The van der Waals surface area contributed by atoms with Gasteiger partial charge in [0.2, 0.25) is 5.95 Å². The van der Waals surface area contributed by atoms with Crippen molar-refractivity contribution in [2.45, 2.75) is 6.92 Å². The normalized spacial score (nSPS) is 10.8. The number of halogens is 1. The van der Waals surface area contributed by atoms with Gasteiger partial charge in [-0.15, -0.1) is 0 Å². The number of nitrogens with one attached hydrogen (secondary N) is 1. The molecule has 0 amide bonds. The van der Waals surface area contributed by atoms with Gasteiger partial charge in [0, 0.05) is 21.1 Å². The zero-order chi connectivity index (χ0) is 19.7. The van der Waals surface area contributed by atoms with Crippen molar-refractivity contribution in [1.82, 2.24) is 9.97 Å². The fourth-order valence-corrected chi connectivity index (χ4v) is 3.53. The first-order valence-corrected chi connectivity index (χ1v) is 9.49. The van der Waals surface area contributed by atoms with Crippen LogP contribution in [0.2, 0.25) is 0 Å². The Bertz CT molecular complexity index is 1210. The van der Waals surface area contributed by atoms with Crippen LogP contribution in [0.3, 0.4) is 0 Å². The number of hydrogen-bond acceptors (Lipinski definition) is 5. The Labute approximate surface area is 170 Å². The molecule has 0 aliphatic rings.